The first-order valence-corrected chi connectivity index (χ1v) is 10.1. The molecule has 0 bridgehead atoms. The third-order valence-corrected chi connectivity index (χ3v) is 6.19. The van der Waals surface area contributed by atoms with Crippen molar-refractivity contribution in [1.82, 2.24) is 0 Å². The van der Waals surface area contributed by atoms with Crippen LogP contribution in [0, 0.1) is 0 Å². The van der Waals surface area contributed by atoms with Crippen LogP contribution >= 0.6 is 0 Å². The number of aliphatic imine (C=N–C) groups is 1. The molecule has 1 aromatic heterocycles. The summed E-state index contributed by atoms with van der Waals surface area (Å²) in [5.41, 5.74) is 4.10. The Morgan fingerprint density at radius 3 is 2.48 bits per heavy atom. The monoisotopic (exact) mass is 391 g/mol. The molecule has 1 fully saturated rings. The minimum absolute atomic E-state index is 0.284. The van der Waals surface area contributed by atoms with Gasteiger partial charge in [0.2, 0.25) is 0 Å². The molecule has 3 aromatic rings. The largest absolute Gasteiger partial charge is 0.497 e. The van der Waals surface area contributed by atoms with Gasteiger partial charge in [0.15, 0.2) is 17.3 Å². The van der Waals surface area contributed by atoms with Crippen molar-refractivity contribution in [2.45, 2.75) is 37.6 Å². The lowest BCUT2D eigenvalue weighted by Crippen LogP contribution is -2.29. The van der Waals surface area contributed by atoms with Gasteiger partial charge in [-0.15, -0.1) is 0 Å². The summed E-state index contributed by atoms with van der Waals surface area (Å²) in [6.07, 6.45) is 4.72. The van der Waals surface area contributed by atoms with Crippen molar-refractivity contribution in [2.75, 3.05) is 21.3 Å². The van der Waals surface area contributed by atoms with Gasteiger partial charge < -0.3 is 18.6 Å². The van der Waals surface area contributed by atoms with Crippen LogP contribution in [0.15, 0.2) is 45.8 Å². The molecule has 150 valence electrons. The van der Waals surface area contributed by atoms with Crippen molar-refractivity contribution in [3.8, 4) is 17.2 Å². The van der Waals surface area contributed by atoms with Gasteiger partial charge in [-0.25, -0.2) is 0 Å². The minimum Gasteiger partial charge on any atom is -0.497 e. The zero-order valence-electron chi connectivity index (χ0n) is 17.0. The first-order chi connectivity index (χ1) is 14.2. The number of nitrogens with zero attached hydrogens (tertiary/aromatic N) is 1. The Morgan fingerprint density at radius 1 is 0.897 bits per heavy atom. The second kappa shape index (κ2) is 7.14. The lowest BCUT2D eigenvalue weighted by atomic mass is 9.75. The number of benzene rings is 2. The third kappa shape index (κ3) is 2.96. The Kier molecular flexibility index (Phi) is 4.46. The van der Waals surface area contributed by atoms with Gasteiger partial charge in [-0.2, -0.15) is 0 Å². The van der Waals surface area contributed by atoms with Crippen molar-refractivity contribution in [1.29, 1.82) is 0 Å². The van der Waals surface area contributed by atoms with Crippen LogP contribution in [-0.2, 0) is 0 Å². The average Bonchev–Trinajstić information content (AvgIpc) is 3.20. The van der Waals surface area contributed by atoms with E-state index in [1.165, 1.54) is 18.4 Å². The van der Waals surface area contributed by atoms with Crippen LogP contribution in [0.4, 0.5) is 0 Å². The van der Waals surface area contributed by atoms with E-state index < -0.39 is 0 Å². The van der Waals surface area contributed by atoms with E-state index in [4.69, 9.17) is 23.6 Å². The molecule has 29 heavy (non-hydrogen) atoms. The van der Waals surface area contributed by atoms with Gasteiger partial charge in [-0.1, -0.05) is 12.8 Å². The highest BCUT2D eigenvalue weighted by atomic mass is 16.5. The van der Waals surface area contributed by atoms with Gasteiger partial charge in [-0.05, 0) is 54.8 Å². The number of methoxy groups -OCH3 is 3. The van der Waals surface area contributed by atoms with Gasteiger partial charge in [0, 0.05) is 16.9 Å². The highest BCUT2D eigenvalue weighted by Crippen LogP contribution is 2.45. The average molecular weight is 391 g/mol. The fourth-order valence-corrected chi connectivity index (χ4v) is 4.73. The standard InChI is InChI=1S/C24H25NO4/c1-26-15-8-9-20-14(10-15)11-23(29-20)24-18-13-22(28-3)21(27-2)12-17(18)16-6-4-5-7-19(16)25-24/h8-13,16,19H,4-7H2,1-3H3. The Bertz CT molecular complexity index is 1100. The lowest BCUT2D eigenvalue weighted by Gasteiger charge is -2.35. The van der Waals surface area contributed by atoms with Gasteiger partial charge >= 0.3 is 0 Å². The number of furan rings is 1. The molecule has 5 nitrogen and oxygen atoms in total. The molecule has 1 aliphatic heterocycles. The smallest absolute Gasteiger partial charge is 0.161 e. The van der Waals surface area contributed by atoms with Crippen LogP contribution in [0.25, 0.3) is 11.0 Å². The first kappa shape index (κ1) is 18.1. The molecule has 5 heteroatoms. The molecular formula is C24H25NO4. The zero-order valence-corrected chi connectivity index (χ0v) is 17.0. The third-order valence-electron chi connectivity index (χ3n) is 6.19. The Balaban J connectivity index is 1.69. The van der Waals surface area contributed by atoms with Gasteiger partial charge in [0.05, 0.1) is 27.4 Å². The summed E-state index contributed by atoms with van der Waals surface area (Å²) in [6, 6.07) is 12.4. The summed E-state index contributed by atoms with van der Waals surface area (Å²) in [5, 5.41) is 1.01. The van der Waals surface area contributed by atoms with E-state index in [9.17, 15) is 0 Å². The maximum Gasteiger partial charge on any atom is 0.161 e. The molecule has 2 atom stereocenters. The van der Waals surface area contributed by atoms with Crippen LogP contribution < -0.4 is 14.2 Å². The molecule has 0 N–H and O–H groups in total. The van der Waals surface area contributed by atoms with E-state index in [2.05, 4.69) is 12.1 Å². The summed E-state index contributed by atoms with van der Waals surface area (Å²) >= 11 is 0. The highest BCUT2D eigenvalue weighted by Gasteiger charge is 2.35. The predicted molar refractivity (Wildman–Crippen MR) is 113 cm³/mol. The molecule has 5 rings (SSSR count). The zero-order chi connectivity index (χ0) is 20.0. The van der Waals surface area contributed by atoms with E-state index in [-0.39, 0.29) is 6.04 Å². The molecule has 0 saturated heterocycles. The Hall–Kier alpha value is -2.95. The second-order valence-electron chi connectivity index (χ2n) is 7.74. The van der Waals surface area contributed by atoms with Crippen molar-refractivity contribution in [2.24, 2.45) is 4.99 Å². The molecular weight excluding hydrogens is 366 g/mol. The van der Waals surface area contributed by atoms with Crippen molar-refractivity contribution < 1.29 is 18.6 Å². The summed E-state index contributed by atoms with van der Waals surface area (Å²) < 4.78 is 22.8. The fraction of sp³-hybridized carbons (Fsp3) is 0.375. The SMILES string of the molecule is COc1ccc2oc(C3=NC4CCCCC4c4cc(OC)c(OC)cc43)cc2c1. The van der Waals surface area contributed by atoms with Crippen LogP contribution in [0.2, 0.25) is 0 Å². The van der Waals surface area contributed by atoms with Gasteiger partial charge in [0.25, 0.3) is 0 Å². The quantitative estimate of drug-likeness (QED) is 0.603. The van der Waals surface area contributed by atoms with E-state index >= 15 is 0 Å². The molecule has 0 amide bonds. The van der Waals surface area contributed by atoms with Crippen LogP contribution in [0.1, 0.15) is 48.5 Å². The summed E-state index contributed by atoms with van der Waals surface area (Å²) in [4.78, 5) is 5.18. The number of rotatable bonds is 4. The van der Waals surface area contributed by atoms with Crippen LogP contribution in [-0.4, -0.2) is 33.1 Å². The number of hydrogen-bond acceptors (Lipinski definition) is 5. The van der Waals surface area contributed by atoms with Crippen LogP contribution in [0.3, 0.4) is 0 Å². The van der Waals surface area contributed by atoms with Gasteiger partial charge in [-0.3, -0.25) is 4.99 Å². The second-order valence-corrected chi connectivity index (χ2v) is 7.74. The molecule has 0 radical (unpaired) electrons. The molecule has 2 unspecified atom stereocenters. The fourth-order valence-electron chi connectivity index (χ4n) is 4.73. The maximum atomic E-state index is 6.22. The number of hydrogen-bond donors (Lipinski definition) is 0. The molecule has 0 spiro atoms. The normalized spacial score (nSPS) is 20.6. The predicted octanol–water partition coefficient (Wildman–Crippen LogP) is 5.34. The first-order valence-electron chi connectivity index (χ1n) is 10.1. The number of fused-ring (bicyclic) bond motifs is 4. The molecule has 1 aliphatic carbocycles. The molecule has 2 aliphatic rings. The summed E-state index contributed by atoms with van der Waals surface area (Å²) in [5.74, 6) is 3.50. The topological polar surface area (TPSA) is 53.2 Å². The molecule has 2 heterocycles. The highest BCUT2D eigenvalue weighted by molar-refractivity contribution is 6.14. The summed E-state index contributed by atoms with van der Waals surface area (Å²) in [6.45, 7) is 0. The minimum atomic E-state index is 0.284. The van der Waals surface area contributed by atoms with Gasteiger partial charge in [0.1, 0.15) is 17.0 Å². The van der Waals surface area contributed by atoms with E-state index in [1.807, 2.05) is 24.3 Å². The van der Waals surface area contributed by atoms with Crippen molar-refractivity contribution in [3.63, 3.8) is 0 Å². The lowest BCUT2D eigenvalue weighted by molar-refractivity contribution is 0.349. The summed E-state index contributed by atoms with van der Waals surface area (Å²) in [7, 11) is 5.03. The number of ether oxygens (including phenoxy) is 3. The van der Waals surface area contributed by atoms with E-state index in [1.54, 1.807) is 21.3 Å². The van der Waals surface area contributed by atoms with E-state index in [0.717, 1.165) is 52.3 Å². The molecule has 1 saturated carbocycles. The van der Waals surface area contributed by atoms with Crippen LogP contribution in [0.5, 0.6) is 17.2 Å². The van der Waals surface area contributed by atoms with Crippen molar-refractivity contribution in [3.05, 3.63) is 53.3 Å². The Labute approximate surface area is 170 Å². The Morgan fingerprint density at radius 2 is 1.69 bits per heavy atom. The maximum absolute atomic E-state index is 6.22. The van der Waals surface area contributed by atoms with E-state index in [0.29, 0.717) is 11.7 Å². The molecule has 2 aromatic carbocycles. The van der Waals surface area contributed by atoms with Crippen molar-refractivity contribution >= 4 is 16.7 Å².